The molecule has 0 aromatic heterocycles. The third-order valence-electron chi connectivity index (χ3n) is 8.52. The van der Waals surface area contributed by atoms with Gasteiger partial charge in [-0.15, -0.1) is 0 Å². The summed E-state index contributed by atoms with van der Waals surface area (Å²) in [5.41, 5.74) is -5.81. The van der Waals surface area contributed by atoms with Crippen molar-refractivity contribution >= 4 is 34.5 Å². The molecule has 15 heteroatoms. The smallest absolute Gasteiger partial charge is 0.430 e. The van der Waals surface area contributed by atoms with Crippen LogP contribution in [0, 0.1) is 3.57 Å². The van der Waals surface area contributed by atoms with Crippen molar-refractivity contribution in [2.75, 3.05) is 13.9 Å². The van der Waals surface area contributed by atoms with Crippen molar-refractivity contribution in [3.05, 3.63) is 86.0 Å². The van der Waals surface area contributed by atoms with Crippen LogP contribution in [-0.4, -0.2) is 49.2 Å². The Bertz CT molecular complexity index is 1710. The highest BCUT2D eigenvalue weighted by Crippen LogP contribution is 2.54. The van der Waals surface area contributed by atoms with Crippen LogP contribution in [0.25, 0.3) is 0 Å². The molecule has 1 N–H and O–H groups in total. The van der Waals surface area contributed by atoms with Gasteiger partial charge in [0.2, 0.25) is 0 Å². The molecule has 1 fully saturated rings. The first-order valence-electron chi connectivity index (χ1n) is 16.6. The molecule has 0 bridgehead atoms. The molecule has 1 aliphatic rings. The molecule has 0 radical (unpaired) electrons. The second kappa shape index (κ2) is 16.2. The number of carbonyl (C=O) groups is 2. The van der Waals surface area contributed by atoms with Crippen molar-refractivity contribution in [3.63, 3.8) is 0 Å². The minimum Gasteiger partial charge on any atom is -0.491 e. The topological polar surface area (TPSA) is 86.3 Å². The molecule has 1 aliphatic heterocycles. The summed E-state index contributed by atoms with van der Waals surface area (Å²) in [4.78, 5) is 28.0. The highest BCUT2D eigenvalue weighted by Gasteiger charge is 2.73. The number of halogens is 7. The molecule has 1 atom stereocenters. The fourth-order valence-electron chi connectivity index (χ4n) is 6.08. The van der Waals surface area contributed by atoms with Gasteiger partial charge in [-0.05, 0) is 121 Å². The molecule has 1 unspecified atom stereocenters. The molecule has 3 aromatic carbocycles. The number of ether oxygens (including phenoxy) is 4. The van der Waals surface area contributed by atoms with E-state index in [2.05, 4.69) is 14.8 Å². The fraction of sp³-hybridized carbons (Fsp3) is 0.459. The first kappa shape index (κ1) is 41.2. The first-order valence-corrected chi connectivity index (χ1v) is 17.7. The largest absolute Gasteiger partial charge is 0.491 e. The highest BCUT2D eigenvalue weighted by molar-refractivity contribution is 14.1. The van der Waals surface area contributed by atoms with E-state index in [1.807, 2.05) is 36.4 Å². The summed E-state index contributed by atoms with van der Waals surface area (Å²) >= 11 is 2.04. The van der Waals surface area contributed by atoms with Crippen LogP contribution in [0.4, 0.5) is 31.1 Å². The average Bonchev–Trinajstić information content (AvgIpc) is 3.26. The van der Waals surface area contributed by atoms with E-state index in [4.69, 9.17) is 9.47 Å². The van der Waals surface area contributed by atoms with Gasteiger partial charge in [0.15, 0.2) is 0 Å². The molecule has 3 amide bonds. The monoisotopic (exact) mass is 850 g/mol. The fourth-order valence-corrected chi connectivity index (χ4v) is 6.59. The van der Waals surface area contributed by atoms with Gasteiger partial charge < -0.3 is 24.3 Å². The molecule has 52 heavy (non-hydrogen) atoms. The van der Waals surface area contributed by atoms with E-state index in [-0.39, 0.29) is 48.1 Å². The lowest BCUT2D eigenvalue weighted by Gasteiger charge is -2.37. The maximum atomic E-state index is 14.5. The Hall–Kier alpha value is -3.57. The Balaban J connectivity index is 1.72. The van der Waals surface area contributed by atoms with E-state index in [0.717, 1.165) is 24.1 Å². The second-order valence-corrected chi connectivity index (χ2v) is 14.0. The standard InChI is InChI=1S/C37H41F6IN2O6/c1-7-9-23-17-27(35(36(38,39)40,37(41,42)43)50-21-49-6)18-24(10-8-2)31(23)52-29-15-16-30(44)25(19-29)20-46-32(47)34(5,45-33(46)48)26-11-13-28(14-12-26)51-22(3)4/h11-19,22H,7-10,20-21H2,1-6H3,(H,45,48). The van der Waals surface area contributed by atoms with Crippen LogP contribution in [0.15, 0.2) is 54.6 Å². The van der Waals surface area contributed by atoms with Gasteiger partial charge in [-0.3, -0.25) is 9.69 Å². The summed E-state index contributed by atoms with van der Waals surface area (Å²) in [5.74, 6) is 0.455. The van der Waals surface area contributed by atoms with Crippen LogP contribution in [0.1, 0.15) is 75.3 Å². The van der Waals surface area contributed by atoms with Crippen molar-refractivity contribution in [1.29, 1.82) is 0 Å². The van der Waals surface area contributed by atoms with Crippen LogP contribution >= 0.6 is 22.6 Å². The van der Waals surface area contributed by atoms with E-state index >= 15 is 0 Å². The summed E-state index contributed by atoms with van der Waals surface area (Å²) in [6.45, 7) is 7.46. The lowest BCUT2D eigenvalue weighted by molar-refractivity contribution is -0.400. The van der Waals surface area contributed by atoms with Crippen molar-refractivity contribution in [2.45, 2.75) is 96.4 Å². The van der Waals surface area contributed by atoms with Gasteiger partial charge >= 0.3 is 18.4 Å². The van der Waals surface area contributed by atoms with Gasteiger partial charge in [-0.25, -0.2) is 4.79 Å². The predicted octanol–water partition coefficient (Wildman–Crippen LogP) is 9.68. The second-order valence-electron chi connectivity index (χ2n) is 12.8. The minimum atomic E-state index is -5.88. The van der Waals surface area contributed by atoms with Crippen molar-refractivity contribution in [1.82, 2.24) is 10.2 Å². The Kier molecular flexibility index (Phi) is 12.8. The SMILES string of the molecule is CCCc1cc(C(OCOC)(C(F)(F)F)C(F)(F)F)cc(CCC)c1Oc1ccc(I)c(CN2C(=O)NC(C)(c3ccc(OC(C)C)cc3)C2=O)c1. The molecule has 0 aliphatic carbocycles. The minimum absolute atomic E-state index is 0.0493. The van der Waals surface area contributed by atoms with Crippen LogP contribution in [0.2, 0.25) is 0 Å². The van der Waals surface area contributed by atoms with Crippen LogP contribution in [0.3, 0.4) is 0 Å². The normalized spacial score (nSPS) is 16.8. The zero-order valence-corrected chi connectivity index (χ0v) is 31.7. The number of aryl methyl sites for hydroxylation is 2. The average molecular weight is 851 g/mol. The number of benzene rings is 3. The number of nitrogens with one attached hydrogen (secondary N) is 1. The van der Waals surface area contributed by atoms with Crippen LogP contribution in [-0.2, 0) is 44.8 Å². The Labute approximate surface area is 312 Å². The highest BCUT2D eigenvalue weighted by atomic mass is 127. The molecule has 1 saturated heterocycles. The van der Waals surface area contributed by atoms with Gasteiger partial charge in [0.1, 0.15) is 29.6 Å². The third-order valence-corrected chi connectivity index (χ3v) is 9.58. The molecule has 0 spiro atoms. The molecule has 0 saturated carbocycles. The summed E-state index contributed by atoms with van der Waals surface area (Å²) in [7, 11) is 0.932. The van der Waals surface area contributed by atoms with Gasteiger partial charge in [-0.2, -0.15) is 26.3 Å². The van der Waals surface area contributed by atoms with Crippen molar-refractivity contribution in [2.24, 2.45) is 0 Å². The lowest BCUT2D eigenvalue weighted by atomic mass is 9.87. The number of nitrogens with zero attached hydrogens (tertiary/aromatic N) is 1. The summed E-state index contributed by atoms with van der Waals surface area (Å²) in [6, 6.07) is 12.8. The Morgan fingerprint density at radius 3 is 1.90 bits per heavy atom. The molecule has 4 rings (SSSR count). The lowest BCUT2D eigenvalue weighted by Crippen LogP contribution is -2.56. The Morgan fingerprint density at radius 1 is 0.846 bits per heavy atom. The van der Waals surface area contributed by atoms with Gasteiger partial charge in [0.05, 0.1) is 12.6 Å². The number of alkyl halides is 6. The zero-order valence-electron chi connectivity index (χ0n) is 29.6. The predicted molar refractivity (Wildman–Crippen MR) is 189 cm³/mol. The number of methoxy groups -OCH3 is 1. The summed E-state index contributed by atoms with van der Waals surface area (Å²) in [5, 5.41) is 2.78. The van der Waals surface area contributed by atoms with Gasteiger partial charge in [-0.1, -0.05) is 38.8 Å². The Morgan fingerprint density at radius 2 is 1.40 bits per heavy atom. The molecule has 3 aromatic rings. The van der Waals surface area contributed by atoms with E-state index < -0.39 is 47.8 Å². The maximum Gasteiger partial charge on any atom is 0.430 e. The molecular weight excluding hydrogens is 809 g/mol. The van der Waals surface area contributed by atoms with Crippen LogP contribution in [0.5, 0.6) is 17.2 Å². The zero-order chi connectivity index (χ0) is 38.6. The van der Waals surface area contributed by atoms with Crippen molar-refractivity contribution < 1.29 is 54.9 Å². The molecule has 284 valence electrons. The number of amides is 3. The van der Waals surface area contributed by atoms with E-state index in [0.29, 0.717) is 33.3 Å². The van der Waals surface area contributed by atoms with Crippen molar-refractivity contribution in [3.8, 4) is 17.2 Å². The molecule has 8 nitrogen and oxygen atoms in total. The molecular formula is C37H41F6IN2O6. The van der Waals surface area contributed by atoms with E-state index in [9.17, 15) is 35.9 Å². The number of rotatable bonds is 15. The van der Waals surface area contributed by atoms with Crippen LogP contribution < -0.4 is 14.8 Å². The molecule has 1 heterocycles. The number of hydrogen-bond donors (Lipinski definition) is 1. The van der Waals surface area contributed by atoms with E-state index in [1.54, 1.807) is 63.2 Å². The third kappa shape index (κ3) is 8.30. The maximum absolute atomic E-state index is 14.5. The quantitative estimate of drug-likeness (QED) is 0.0710. The van der Waals surface area contributed by atoms with E-state index in [1.165, 1.54) is 0 Å². The van der Waals surface area contributed by atoms with Gasteiger partial charge in [0.25, 0.3) is 11.5 Å². The number of hydrogen-bond acceptors (Lipinski definition) is 6. The first-order chi connectivity index (χ1) is 24.3. The number of urea groups is 1. The summed E-state index contributed by atoms with van der Waals surface area (Å²) in [6.07, 6.45) is -10.9. The van der Waals surface area contributed by atoms with Gasteiger partial charge in [0, 0.05) is 16.2 Å². The number of imide groups is 1. The summed E-state index contributed by atoms with van der Waals surface area (Å²) < 4.78 is 109. The number of carbonyl (C=O) groups excluding carboxylic acids is 2.